The van der Waals surface area contributed by atoms with Gasteiger partial charge in [0.2, 0.25) is 0 Å². The van der Waals surface area contributed by atoms with Gasteiger partial charge in [0, 0.05) is 0 Å². The summed E-state index contributed by atoms with van der Waals surface area (Å²) in [5.74, 6) is -0.201. The number of para-hydroxylation sites is 3. The van der Waals surface area contributed by atoms with Crippen molar-refractivity contribution in [3.63, 3.8) is 0 Å². The van der Waals surface area contributed by atoms with Crippen molar-refractivity contribution in [1.29, 1.82) is 0 Å². The molecule has 3 aromatic carbocycles. The molecule has 3 aromatic rings. The lowest BCUT2D eigenvalue weighted by Crippen LogP contribution is -2.33. The van der Waals surface area contributed by atoms with Crippen LogP contribution in [0.3, 0.4) is 0 Å². The number of hydrogen-bond acceptors (Lipinski definition) is 2. The Bertz CT molecular complexity index is 799. The Kier molecular flexibility index (Phi) is 6.69. The van der Waals surface area contributed by atoms with Crippen LogP contribution in [0.4, 0.5) is 17.1 Å². The van der Waals surface area contributed by atoms with Crippen LogP contribution >= 0.6 is 0 Å². The first-order valence-corrected chi connectivity index (χ1v) is 9.97. The maximum Gasteiger partial charge on any atom is 0.264 e. The third-order valence-corrected chi connectivity index (χ3v) is 4.91. The van der Waals surface area contributed by atoms with Gasteiger partial charge in [0.15, 0.2) is 0 Å². The van der Waals surface area contributed by atoms with Gasteiger partial charge in [-0.2, -0.15) is 8.42 Å². The van der Waals surface area contributed by atoms with Crippen molar-refractivity contribution in [2.75, 3.05) is 12.8 Å². The van der Waals surface area contributed by atoms with Gasteiger partial charge in [-0.25, -0.2) is 4.48 Å². The summed E-state index contributed by atoms with van der Waals surface area (Å²) in [6.07, 6.45) is 0. The second-order valence-corrected chi connectivity index (χ2v) is 7.62. The zero-order valence-corrected chi connectivity index (χ0v) is 15.8. The van der Waals surface area contributed by atoms with Crippen molar-refractivity contribution in [3.8, 4) is 0 Å². The fraction of sp³-hybridized carbons (Fsp3) is 0.143. The highest BCUT2D eigenvalue weighted by atomic mass is 32.2. The molecule has 0 fully saturated rings. The maximum absolute atomic E-state index is 9.56. The number of hydrogen-bond donors (Lipinski definition) is 1. The van der Waals surface area contributed by atoms with E-state index in [1.807, 2.05) is 0 Å². The minimum Gasteiger partial charge on any atom is -0.286 e. The molecule has 0 aliphatic carbocycles. The molecule has 0 aliphatic rings. The van der Waals surface area contributed by atoms with Crippen molar-refractivity contribution >= 4 is 27.2 Å². The molecule has 3 rings (SSSR count). The molecule has 136 valence electrons. The van der Waals surface area contributed by atoms with E-state index >= 15 is 0 Å². The van der Waals surface area contributed by atoms with Crippen molar-refractivity contribution < 1.29 is 13.0 Å². The second-order valence-electron chi connectivity index (χ2n) is 5.88. The van der Waals surface area contributed by atoms with Crippen molar-refractivity contribution in [1.82, 2.24) is 4.48 Å². The molecule has 0 radical (unpaired) electrons. The second kappa shape index (κ2) is 8.76. The van der Waals surface area contributed by atoms with Crippen LogP contribution in [0.15, 0.2) is 91.0 Å². The van der Waals surface area contributed by atoms with Gasteiger partial charge in [0.05, 0.1) is 12.8 Å². The summed E-state index contributed by atoms with van der Waals surface area (Å²) in [5.41, 5.74) is 3.76. The van der Waals surface area contributed by atoms with Gasteiger partial charge in [0.1, 0.15) is 17.1 Å². The molecule has 0 atom stereocenters. The highest BCUT2D eigenvalue weighted by molar-refractivity contribution is 7.85. The molecule has 0 saturated heterocycles. The van der Waals surface area contributed by atoms with E-state index in [4.69, 9.17) is 4.55 Å². The Morgan fingerprint density at radius 3 is 1.12 bits per heavy atom. The number of quaternary nitrogens is 1. The fourth-order valence-corrected chi connectivity index (χ4v) is 2.63. The molecule has 26 heavy (non-hydrogen) atoms. The summed E-state index contributed by atoms with van der Waals surface area (Å²) in [6, 6.07) is 31.8. The Morgan fingerprint density at radius 2 is 0.923 bits per heavy atom. The molecule has 5 heteroatoms. The summed E-state index contributed by atoms with van der Waals surface area (Å²) in [6.45, 7) is 1.37. The molecule has 0 saturated carbocycles. The first-order valence-electron chi connectivity index (χ1n) is 8.36. The average Bonchev–Trinajstić information content (AvgIpc) is 2.69. The third kappa shape index (κ3) is 5.02. The molecule has 0 amide bonds. The predicted octanol–water partition coefficient (Wildman–Crippen LogP) is 5.18. The zero-order valence-electron chi connectivity index (χ0n) is 15.0. The molecular weight excluding hydrogens is 346 g/mol. The Hall–Kier alpha value is -2.47. The highest BCUT2D eigenvalue weighted by Crippen LogP contribution is 2.41. The van der Waals surface area contributed by atoms with E-state index in [-0.39, 0.29) is 5.75 Å². The quantitative estimate of drug-likeness (QED) is 0.508. The van der Waals surface area contributed by atoms with Crippen LogP contribution in [0.5, 0.6) is 0 Å². The van der Waals surface area contributed by atoms with E-state index in [0.29, 0.717) is 4.48 Å². The van der Waals surface area contributed by atoms with Crippen LogP contribution in [0.25, 0.3) is 0 Å². The summed E-state index contributed by atoms with van der Waals surface area (Å²) < 4.78 is 27.6. The molecule has 0 heterocycles. The van der Waals surface area contributed by atoms with Crippen LogP contribution < -0.4 is 4.48 Å². The number of rotatable bonds is 4. The molecule has 0 unspecified atom stereocenters. The van der Waals surface area contributed by atoms with Crippen LogP contribution in [0, 0.1) is 0 Å². The normalized spacial score (nSPS) is 11.3. The molecular formula is C21H24NO3S+. The van der Waals surface area contributed by atoms with Gasteiger partial charge in [0.25, 0.3) is 10.1 Å². The van der Waals surface area contributed by atoms with Gasteiger partial charge >= 0.3 is 0 Å². The lowest BCUT2D eigenvalue weighted by molar-refractivity contribution is 0.484. The molecule has 0 bridgehead atoms. The molecule has 0 aromatic heterocycles. The smallest absolute Gasteiger partial charge is 0.264 e. The Balaban J connectivity index is 0.000000352. The maximum atomic E-state index is 9.56. The molecule has 0 spiro atoms. The topological polar surface area (TPSA) is 54.4 Å². The van der Waals surface area contributed by atoms with Crippen LogP contribution in [-0.4, -0.2) is 25.8 Å². The monoisotopic (exact) mass is 370 g/mol. The fourth-order valence-electron chi connectivity index (χ4n) is 2.63. The molecule has 1 N–H and O–H groups in total. The SMILES string of the molecule is CCS(=O)(=O)O.C[N+](c1ccccc1)(c1ccccc1)c1ccccc1. The van der Waals surface area contributed by atoms with Gasteiger partial charge in [-0.05, 0) is 43.3 Å². The molecule has 4 nitrogen and oxygen atoms in total. The summed E-state index contributed by atoms with van der Waals surface area (Å²) in [7, 11) is -1.43. The van der Waals surface area contributed by atoms with Gasteiger partial charge in [-0.15, -0.1) is 0 Å². The minimum atomic E-state index is -3.66. The summed E-state index contributed by atoms with van der Waals surface area (Å²) >= 11 is 0. The van der Waals surface area contributed by atoms with E-state index in [2.05, 4.69) is 98.0 Å². The lowest BCUT2D eigenvalue weighted by atomic mass is 10.1. The average molecular weight is 370 g/mol. The summed E-state index contributed by atoms with van der Waals surface area (Å²) in [4.78, 5) is 0. The van der Waals surface area contributed by atoms with E-state index < -0.39 is 10.1 Å². The summed E-state index contributed by atoms with van der Waals surface area (Å²) in [5, 5.41) is 0. The van der Waals surface area contributed by atoms with Gasteiger partial charge < -0.3 is 0 Å². The van der Waals surface area contributed by atoms with Gasteiger partial charge in [-0.1, -0.05) is 54.6 Å². The molecule has 0 aliphatic heterocycles. The van der Waals surface area contributed by atoms with Crippen LogP contribution in [0.2, 0.25) is 0 Å². The Labute approximate surface area is 155 Å². The highest BCUT2D eigenvalue weighted by Gasteiger charge is 2.30. The van der Waals surface area contributed by atoms with Crippen molar-refractivity contribution in [2.45, 2.75) is 6.92 Å². The lowest BCUT2D eigenvalue weighted by Gasteiger charge is -2.33. The largest absolute Gasteiger partial charge is 0.286 e. The zero-order chi connectivity index (χ0) is 19.0. The van der Waals surface area contributed by atoms with Crippen LogP contribution in [0.1, 0.15) is 6.92 Å². The van der Waals surface area contributed by atoms with Crippen LogP contribution in [-0.2, 0) is 10.1 Å². The Morgan fingerprint density at radius 1 is 0.692 bits per heavy atom. The number of nitrogens with zero attached hydrogens (tertiary/aromatic N) is 1. The van der Waals surface area contributed by atoms with E-state index in [1.165, 1.54) is 24.0 Å². The van der Waals surface area contributed by atoms with Crippen molar-refractivity contribution in [2.24, 2.45) is 0 Å². The third-order valence-electron chi connectivity index (χ3n) is 4.18. The van der Waals surface area contributed by atoms with E-state index in [1.54, 1.807) is 0 Å². The minimum absolute atomic E-state index is 0.201. The predicted molar refractivity (Wildman–Crippen MR) is 108 cm³/mol. The van der Waals surface area contributed by atoms with E-state index in [9.17, 15) is 8.42 Å². The number of benzene rings is 3. The van der Waals surface area contributed by atoms with Crippen molar-refractivity contribution in [3.05, 3.63) is 91.0 Å². The van der Waals surface area contributed by atoms with E-state index in [0.717, 1.165) is 0 Å². The first-order chi connectivity index (χ1) is 12.4. The van der Waals surface area contributed by atoms with Gasteiger partial charge in [-0.3, -0.25) is 4.55 Å². The first kappa shape index (κ1) is 19.8. The standard InChI is InChI=1S/C19H18N.C2H6O3S/c1-20(17-11-5-2-6-12-17,18-13-7-3-8-14-18)19-15-9-4-10-16-19;1-2-6(3,4)5/h2-16H,1H3;2H2,1H3,(H,3,4,5)/q+1;.